The van der Waals surface area contributed by atoms with Gasteiger partial charge in [0.05, 0.1) is 12.7 Å². The molecule has 138 valence electrons. The van der Waals surface area contributed by atoms with Gasteiger partial charge in [-0.05, 0) is 36.4 Å². The van der Waals surface area contributed by atoms with Crippen molar-refractivity contribution in [3.05, 3.63) is 89.7 Å². The maximum Gasteiger partial charge on any atom is 0.339 e. The van der Waals surface area contributed by atoms with Gasteiger partial charge in [-0.3, -0.25) is 4.79 Å². The van der Waals surface area contributed by atoms with Gasteiger partial charge in [0.15, 0.2) is 11.5 Å². The van der Waals surface area contributed by atoms with Crippen LogP contribution >= 0.6 is 0 Å². The minimum absolute atomic E-state index is 0.0627. The third kappa shape index (κ3) is 4.15. The summed E-state index contributed by atoms with van der Waals surface area (Å²) in [5, 5.41) is 0. The van der Waals surface area contributed by atoms with E-state index in [1.54, 1.807) is 30.3 Å². The molecule has 0 saturated carbocycles. The number of benzene rings is 3. The molecule has 0 N–H and O–H groups in total. The van der Waals surface area contributed by atoms with Crippen molar-refractivity contribution in [1.29, 1.82) is 0 Å². The van der Waals surface area contributed by atoms with Gasteiger partial charge in [-0.15, -0.1) is 0 Å². The van der Waals surface area contributed by atoms with E-state index in [0.717, 1.165) is 24.3 Å². The Morgan fingerprint density at radius 2 is 1.59 bits per heavy atom. The molecule has 5 nitrogen and oxygen atoms in total. The molecule has 0 aliphatic carbocycles. The summed E-state index contributed by atoms with van der Waals surface area (Å²) in [5.74, 6) is -0.825. The molecule has 0 aliphatic heterocycles. The molecule has 0 amide bonds. The standard InChI is InChI=1S/C20H15FO5S/c1-25-16-9-12-18(20(22)14-5-3-2-4-6-14)19(13-16)26-27(23,24)17-10-7-15(21)8-11-17/h2-13H,1H3. The third-order valence-corrected chi connectivity index (χ3v) is 5.02. The summed E-state index contributed by atoms with van der Waals surface area (Å²) in [7, 11) is -2.86. The van der Waals surface area contributed by atoms with E-state index in [4.69, 9.17) is 8.92 Å². The van der Waals surface area contributed by atoms with E-state index < -0.39 is 21.7 Å². The number of rotatable bonds is 6. The van der Waals surface area contributed by atoms with Crippen LogP contribution in [0.15, 0.2) is 77.7 Å². The summed E-state index contributed by atoms with van der Waals surface area (Å²) in [4.78, 5) is 12.5. The summed E-state index contributed by atoms with van der Waals surface area (Å²) in [5.41, 5.74) is 0.444. The lowest BCUT2D eigenvalue weighted by atomic mass is 10.0. The summed E-state index contributed by atoms with van der Waals surface area (Å²) >= 11 is 0. The van der Waals surface area contributed by atoms with Crippen molar-refractivity contribution in [2.45, 2.75) is 4.90 Å². The van der Waals surface area contributed by atoms with Gasteiger partial charge in [-0.2, -0.15) is 8.42 Å². The summed E-state index contributed by atoms with van der Waals surface area (Å²) in [6, 6.07) is 16.9. The molecule has 0 bridgehead atoms. The van der Waals surface area contributed by atoms with Crippen molar-refractivity contribution in [2.75, 3.05) is 7.11 Å². The number of halogens is 1. The molecule has 0 fully saturated rings. The van der Waals surface area contributed by atoms with Crippen LogP contribution in [0.3, 0.4) is 0 Å². The van der Waals surface area contributed by atoms with Crippen LogP contribution in [-0.2, 0) is 10.1 Å². The second kappa shape index (κ2) is 7.59. The normalized spacial score (nSPS) is 11.0. The highest BCUT2D eigenvalue weighted by Gasteiger charge is 2.22. The highest BCUT2D eigenvalue weighted by molar-refractivity contribution is 7.87. The molecule has 0 unspecified atom stereocenters. The Morgan fingerprint density at radius 3 is 2.22 bits per heavy atom. The van der Waals surface area contributed by atoms with E-state index in [2.05, 4.69) is 0 Å². The summed E-state index contributed by atoms with van der Waals surface area (Å²) in [6.45, 7) is 0. The highest BCUT2D eigenvalue weighted by atomic mass is 32.2. The van der Waals surface area contributed by atoms with E-state index in [1.807, 2.05) is 0 Å². The molecule has 0 saturated heterocycles. The Labute approximate surface area is 156 Å². The molecule has 7 heteroatoms. The SMILES string of the molecule is COc1ccc(C(=O)c2ccccc2)c(OS(=O)(=O)c2ccc(F)cc2)c1. The van der Waals surface area contributed by atoms with Crippen molar-refractivity contribution in [2.24, 2.45) is 0 Å². The Morgan fingerprint density at radius 1 is 0.926 bits per heavy atom. The zero-order valence-electron chi connectivity index (χ0n) is 14.3. The Balaban J connectivity index is 2.03. The monoisotopic (exact) mass is 386 g/mol. The van der Waals surface area contributed by atoms with Gasteiger partial charge < -0.3 is 8.92 Å². The Kier molecular flexibility index (Phi) is 5.23. The molecule has 27 heavy (non-hydrogen) atoms. The zero-order valence-corrected chi connectivity index (χ0v) is 15.1. The van der Waals surface area contributed by atoms with E-state index in [0.29, 0.717) is 11.3 Å². The average molecular weight is 386 g/mol. The van der Waals surface area contributed by atoms with Gasteiger partial charge in [0.25, 0.3) is 0 Å². The smallest absolute Gasteiger partial charge is 0.339 e. The van der Waals surface area contributed by atoms with Gasteiger partial charge in [-0.25, -0.2) is 4.39 Å². The third-order valence-electron chi connectivity index (χ3n) is 3.77. The topological polar surface area (TPSA) is 69.7 Å². The Hall–Kier alpha value is -3.19. The van der Waals surface area contributed by atoms with Crippen LogP contribution in [0.1, 0.15) is 15.9 Å². The average Bonchev–Trinajstić information content (AvgIpc) is 2.68. The van der Waals surface area contributed by atoms with E-state index in [9.17, 15) is 17.6 Å². The molecule has 0 aliphatic rings. The fourth-order valence-corrected chi connectivity index (χ4v) is 3.34. The molecule has 0 spiro atoms. The van der Waals surface area contributed by atoms with E-state index >= 15 is 0 Å². The minimum atomic E-state index is -4.27. The van der Waals surface area contributed by atoms with Crippen molar-refractivity contribution in [3.8, 4) is 11.5 Å². The quantitative estimate of drug-likeness (QED) is 0.476. The fourth-order valence-electron chi connectivity index (χ4n) is 2.40. The second-order valence-electron chi connectivity index (χ2n) is 5.55. The predicted molar refractivity (Wildman–Crippen MR) is 97.1 cm³/mol. The lowest BCUT2D eigenvalue weighted by Crippen LogP contribution is -2.13. The molecule has 3 aromatic carbocycles. The van der Waals surface area contributed by atoms with Gasteiger partial charge in [0, 0.05) is 11.6 Å². The van der Waals surface area contributed by atoms with Crippen LogP contribution in [0, 0.1) is 5.82 Å². The fraction of sp³-hybridized carbons (Fsp3) is 0.0500. The predicted octanol–water partition coefficient (Wildman–Crippen LogP) is 3.83. The number of hydrogen-bond donors (Lipinski definition) is 0. The van der Waals surface area contributed by atoms with Crippen molar-refractivity contribution in [1.82, 2.24) is 0 Å². The molecule has 0 radical (unpaired) electrons. The van der Waals surface area contributed by atoms with Crippen molar-refractivity contribution < 1.29 is 26.5 Å². The Bertz CT molecular complexity index is 1060. The number of carbonyl (C=O) groups excluding carboxylic acids is 1. The molecule has 0 heterocycles. The van der Waals surface area contributed by atoms with Crippen LogP contribution in [0.4, 0.5) is 4.39 Å². The minimum Gasteiger partial charge on any atom is -0.497 e. The summed E-state index contributed by atoms with van der Waals surface area (Å²) < 4.78 is 48.4. The first-order chi connectivity index (χ1) is 12.9. The lowest BCUT2D eigenvalue weighted by molar-refractivity contribution is 0.103. The van der Waals surface area contributed by atoms with Crippen LogP contribution in [0.25, 0.3) is 0 Å². The van der Waals surface area contributed by atoms with Gasteiger partial charge >= 0.3 is 10.1 Å². The maximum absolute atomic E-state index is 13.1. The molecule has 3 aromatic rings. The van der Waals surface area contributed by atoms with E-state index in [1.165, 1.54) is 25.3 Å². The number of ketones is 1. The molecule has 0 atom stereocenters. The van der Waals surface area contributed by atoms with Gasteiger partial charge in [0.1, 0.15) is 16.5 Å². The molecule has 3 rings (SSSR count). The van der Waals surface area contributed by atoms with Gasteiger partial charge in [-0.1, -0.05) is 30.3 Å². The maximum atomic E-state index is 13.1. The van der Waals surface area contributed by atoms with Crippen LogP contribution in [0.2, 0.25) is 0 Å². The highest BCUT2D eigenvalue weighted by Crippen LogP contribution is 2.29. The van der Waals surface area contributed by atoms with Gasteiger partial charge in [0.2, 0.25) is 0 Å². The van der Waals surface area contributed by atoms with Crippen LogP contribution < -0.4 is 8.92 Å². The van der Waals surface area contributed by atoms with E-state index in [-0.39, 0.29) is 16.2 Å². The first-order valence-corrected chi connectivity index (χ1v) is 9.29. The number of carbonyl (C=O) groups is 1. The second-order valence-corrected chi connectivity index (χ2v) is 7.09. The number of hydrogen-bond acceptors (Lipinski definition) is 5. The molecular weight excluding hydrogens is 371 g/mol. The van der Waals surface area contributed by atoms with Crippen LogP contribution in [0.5, 0.6) is 11.5 Å². The molecule has 0 aromatic heterocycles. The van der Waals surface area contributed by atoms with Crippen LogP contribution in [-0.4, -0.2) is 21.3 Å². The number of ether oxygens (including phenoxy) is 1. The number of methoxy groups -OCH3 is 1. The first kappa shape index (κ1) is 18.6. The largest absolute Gasteiger partial charge is 0.497 e. The summed E-state index contributed by atoms with van der Waals surface area (Å²) in [6.07, 6.45) is 0. The molecular formula is C20H15FO5S. The lowest BCUT2D eigenvalue weighted by Gasteiger charge is -2.12. The first-order valence-electron chi connectivity index (χ1n) is 7.88. The van der Waals surface area contributed by atoms with Crippen molar-refractivity contribution in [3.63, 3.8) is 0 Å². The van der Waals surface area contributed by atoms with Crippen molar-refractivity contribution >= 4 is 15.9 Å². The zero-order chi connectivity index (χ0) is 19.4.